The number of fused-ring (bicyclic) bond motifs is 1. The highest BCUT2D eigenvalue weighted by Gasteiger charge is 2.23. The number of aromatic nitrogens is 1. The summed E-state index contributed by atoms with van der Waals surface area (Å²) >= 11 is 0. The Kier molecular flexibility index (Phi) is 7.28. The molecule has 1 fully saturated rings. The quantitative estimate of drug-likeness (QED) is 0.353. The van der Waals surface area contributed by atoms with Crippen LogP contribution in [0.2, 0.25) is 0 Å². The van der Waals surface area contributed by atoms with Gasteiger partial charge in [-0.3, -0.25) is 9.69 Å². The van der Waals surface area contributed by atoms with Crippen LogP contribution in [0.25, 0.3) is 22.2 Å². The number of hydrogen-bond donors (Lipinski definition) is 1. The minimum atomic E-state index is -0.0262. The van der Waals surface area contributed by atoms with Crippen LogP contribution in [-0.4, -0.2) is 41.5 Å². The highest BCUT2D eigenvalue weighted by atomic mass is 16.5. The number of piperidine rings is 1. The lowest BCUT2D eigenvalue weighted by atomic mass is 10.00. The number of carbonyl (C=O) groups is 1. The van der Waals surface area contributed by atoms with E-state index in [-0.39, 0.29) is 11.9 Å². The number of carbonyl (C=O) groups excluding carboxylic acids is 1. The third-order valence-electron chi connectivity index (χ3n) is 6.84. The molecule has 3 aromatic carbocycles. The molecule has 184 valence electrons. The maximum absolute atomic E-state index is 13.6. The van der Waals surface area contributed by atoms with E-state index >= 15 is 0 Å². The zero-order valence-electron chi connectivity index (χ0n) is 21.0. The van der Waals surface area contributed by atoms with Crippen molar-refractivity contribution in [3.05, 3.63) is 95.6 Å². The fourth-order valence-electron chi connectivity index (χ4n) is 4.90. The number of hydrogen-bond acceptors (Lipinski definition) is 4. The molecule has 1 amide bonds. The topological polar surface area (TPSA) is 54.5 Å². The van der Waals surface area contributed by atoms with Crippen molar-refractivity contribution in [3.63, 3.8) is 0 Å². The number of likely N-dealkylation sites (tertiary alicyclic amines) is 1. The lowest BCUT2D eigenvalue weighted by Crippen LogP contribution is -2.44. The summed E-state index contributed by atoms with van der Waals surface area (Å²) in [4.78, 5) is 20.9. The molecule has 0 radical (unpaired) electrons. The Morgan fingerprint density at radius 1 is 1.00 bits per heavy atom. The smallest absolute Gasteiger partial charge is 0.252 e. The minimum absolute atomic E-state index is 0.0262. The van der Waals surface area contributed by atoms with Crippen molar-refractivity contribution in [1.82, 2.24) is 15.2 Å². The van der Waals surface area contributed by atoms with Gasteiger partial charge < -0.3 is 10.1 Å². The lowest BCUT2D eigenvalue weighted by molar-refractivity contribution is 0.0910. The molecule has 1 saturated heterocycles. The summed E-state index contributed by atoms with van der Waals surface area (Å²) in [6.07, 6.45) is 1.90. The summed E-state index contributed by atoms with van der Waals surface area (Å²) in [5.74, 6) is 0.802. The number of nitrogens with one attached hydrogen (secondary N) is 1. The zero-order valence-corrected chi connectivity index (χ0v) is 21.0. The van der Waals surface area contributed by atoms with Gasteiger partial charge in [-0.1, -0.05) is 42.0 Å². The number of rotatable bonds is 7. The standard InChI is InChI=1S/C31H33N3O2/c1-3-36-26-12-10-24(11-13-26)30-20-28(27-19-22(2)9-14-29(27)33-30)31(35)32-25-15-17-34(18-16-25)21-23-7-5-4-6-8-23/h4-14,19-20,25H,3,15-18,21H2,1-2H3,(H,32,35). The van der Waals surface area contributed by atoms with E-state index < -0.39 is 0 Å². The number of nitrogens with zero attached hydrogens (tertiary/aromatic N) is 2. The van der Waals surface area contributed by atoms with E-state index in [4.69, 9.17) is 9.72 Å². The van der Waals surface area contributed by atoms with Gasteiger partial charge in [0.2, 0.25) is 0 Å². The monoisotopic (exact) mass is 479 g/mol. The second-order valence-corrected chi connectivity index (χ2v) is 9.54. The second kappa shape index (κ2) is 10.9. The summed E-state index contributed by atoms with van der Waals surface area (Å²) in [6, 6.07) is 26.7. The van der Waals surface area contributed by atoms with Crippen molar-refractivity contribution in [2.24, 2.45) is 0 Å². The predicted octanol–water partition coefficient (Wildman–Crippen LogP) is 6.00. The molecule has 0 saturated carbocycles. The van der Waals surface area contributed by atoms with E-state index in [9.17, 15) is 4.79 Å². The van der Waals surface area contributed by atoms with Gasteiger partial charge in [-0.05, 0) is 74.7 Å². The molecule has 0 unspecified atom stereocenters. The summed E-state index contributed by atoms with van der Waals surface area (Å²) in [5, 5.41) is 4.21. The second-order valence-electron chi connectivity index (χ2n) is 9.54. The highest BCUT2D eigenvalue weighted by molar-refractivity contribution is 6.07. The summed E-state index contributed by atoms with van der Waals surface area (Å²) in [7, 11) is 0. The Labute approximate surface area is 213 Å². The molecule has 0 atom stereocenters. The Balaban J connectivity index is 1.34. The van der Waals surface area contributed by atoms with Crippen molar-refractivity contribution < 1.29 is 9.53 Å². The fourth-order valence-corrected chi connectivity index (χ4v) is 4.90. The van der Waals surface area contributed by atoms with Crippen molar-refractivity contribution in [2.45, 2.75) is 39.3 Å². The number of amides is 1. The number of pyridine rings is 1. The van der Waals surface area contributed by atoms with Gasteiger partial charge in [0.05, 0.1) is 23.4 Å². The van der Waals surface area contributed by atoms with E-state index in [0.29, 0.717) is 12.2 Å². The number of aryl methyl sites for hydroxylation is 1. The van der Waals surface area contributed by atoms with Crippen LogP contribution < -0.4 is 10.1 Å². The maximum Gasteiger partial charge on any atom is 0.252 e. The first-order valence-corrected chi connectivity index (χ1v) is 12.8. The minimum Gasteiger partial charge on any atom is -0.494 e. The average molecular weight is 480 g/mol. The largest absolute Gasteiger partial charge is 0.494 e. The van der Waals surface area contributed by atoms with Gasteiger partial charge in [0, 0.05) is 36.6 Å². The molecule has 4 aromatic rings. The van der Waals surface area contributed by atoms with Crippen LogP contribution in [-0.2, 0) is 6.54 Å². The Bertz CT molecular complexity index is 1330. The zero-order chi connectivity index (χ0) is 24.9. The van der Waals surface area contributed by atoms with Crippen LogP contribution in [0.5, 0.6) is 5.75 Å². The van der Waals surface area contributed by atoms with Gasteiger partial charge >= 0.3 is 0 Å². The summed E-state index contributed by atoms with van der Waals surface area (Å²) in [5.41, 5.74) is 5.71. The molecule has 0 aliphatic carbocycles. The van der Waals surface area contributed by atoms with Gasteiger partial charge in [0.1, 0.15) is 5.75 Å². The van der Waals surface area contributed by atoms with E-state index in [1.54, 1.807) is 0 Å². The average Bonchev–Trinajstić information content (AvgIpc) is 2.90. The van der Waals surface area contributed by atoms with Crippen LogP contribution in [0.4, 0.5) is 0 Å². The molecular weight excluding hydrogens is 446 g/mol. The molecule has 36 heavy (non-hydrogen) atoms. The van der Waals surface area contributed by atoms with Crippen molar-refractivity contribution in [2.75, 3.05) is 19.7 Å². The van der Waals surface area contributed by atoms with Crippen LogP contribution in [0, 0.1) is 6.92 Å². The summed E-state index contributed by atoms with van der Waals surface area (Å²) < 4.78 is 5.58. The molecular formula is C31H33N3O2. The third-order valence-corrected chi connectivity index (χ3v) is 6.84. The van der Waals surface area contributed by atoms with E-state index in [1.807, 2.05) is 56.3 Å². The molecule has 1 aliphatic heterocycles. The Morgan fingerprint density at radius 3 is 2.47 bits per heavy atom. The first-order valence-electron chi connectivity index (χ1n) is 12.8. The van der Waals surface area contributed by atoms with Crippen LogP contribution in [0.1, 0.15) is 41.3 Å². The molecule has 5 nitrogen and oxygen atoms in total. The van der Waals surface area contributed by atoms with Crippen LogP contribution in [0.15, 0.2) is 78.9 Å². The van der Waals surface area contributed by atoms with Crippen molar-refractivity contribution in [1.29, 1.82) is 0 Å². The third kappa shape index (κ3) is 5.58. The van der Waals surface area contributed by atoms with E-state index in [2.05, 4.69) is 46.6 Å². The van der Waals surface area contributed by atoms with Gasteiger partial charge in [-0.2, -0.15) is 0 Å². The predicted molar refractivity (Wildman–Crippen MR) is 145 cm³/mol. The first-order chi connectivity index (χ1) is 17.6. The SMILES string of the molecule is CCOc1ccc(-c2cc(C(=O)NC3CCN(Cc4ccccc4)CC3)c3cc(C)ccc3n2)cc1. The molecule has 1 N–H and O–H groups in total. The number of benzene rings is 3. The Morgan fingerprint density at radius 2 is 1.75 bits per heavy atom. The van der Waals surface area contributed by atoms with Gasteiger partial charge in [-0.25, -0.2) is 4.98 Å². The van der Waals surface area contributed by atoms with E-state index in [0.717, 1.165) is 65.9 Å². The normalized spacial score (nSPS) is 14.6. The molecule has 2 heterocycles. The lowest BCUT2D eigenvalue weighted by Gasteiger charge is -2.32. The molecule has 5 heteroatoms. The molecule has 5 rings (SSSR count). The fraction of sp³-hybridized carbons (Fsp3) is 0.290. The van der Waals surface area contributed by atoms with Gasteiger partial charge in [0.25, 0.3) is 5.91 Å². The Hall–Kier alpha value is -3.70. The number of ether oxygens (including phenoxy) is 1. The van der Waals surface area contributed by atoms with Gasteiger partial charge in [-0.15, -0.1) is 0 Å². The van der Waals surface area contributed by atoms with Crippen molar-refractivity contribution in [3.8, 4) is 17.0 Å². The van der Waals surface area contributed by atoms with Crippen LogP contribution in [0.3, 0.4) is 0 Å². The maximum atomic E-state index is 13.6. The van der Waals surface area contributed by atoms with Crippen LogP contribution >= 0.6 is 0 Å². The molecule has 0 spiro atoms. The highest BCUT2D eigenvalue weighted by Crippen LogP contribution is 2.27. The van der Waals surface area contributed by atoms with Crippen molar-refractivity contribution >= 4 is 16.8 Å². The first kappa shape index (κ1) is 24.0. The molecule has 0 bridgehead atoms. The molecule has 1 aromatic heterocycles. The van der Waals surface area contributed by atoms with Gasteiger partial charge in [0.15, 0.2) is 0 Å². The molecule has 1 aliphatic rings. The summed E-state index contributed by atoms with van der Waals surface area (Å²) in [6.45, 7) is 7.56. The van der Waals surface area contributed by atoms with E-state index in [1.165, 1.54) is 5.56 Å².